The summed E-state index contributed by atoms with van der Waals surface area (Å²) in [6.07, 6.45) is 8.51. The smallest absolute Gasteiger partial charge is 0.184 e. The lowest BCUT2D eigenvalue weighted by Gasteiger charge is -2.37. The van der Waals surface area contributed by atoms with Gasteiger partial charge >= 0.3 is 0 Å². The summed E-state index contributed by atoms with van der Waals surface area (Å²) in [5, 5.41) is 0. The van der Waals surface area contributed by atoms with Crippen LogP contribution in [0.25, 0.3) is 6.08 Å². The van der Waals surface area contributed by atoms with E-state index in [-0.39, 0.29) is 0 Å². The number of unbranched alkanes of at least 4 members (excludes halogenated alkanes) is 1. The van der Waals surface area contributed by atoms with Crippen LogP contribution in [0.1, 0.15) is 36.3 Å². The van der Waals surface area contributed by atoms with E-state index in [1.807, 2.05) is 6.07 Å². The van der Waals surface area contributed by atoms with E-state index in [0.717, 1.165) is 37.7 Å². The largest absolute Gasteiger partial charge is 0.486 e. The first-order valence-corrected chi connectivity index (χ1v) is 11.0. The van der Waals surface area contributed by atoms with Crippen LogP contribution in [0.15, 0.2) is 48.5 Å². The van der Waals surface area contributed by atoms with Crippen LogP contribution in [-0.2, 0) is 0 Å². The monoisotopic (exact) mass is 390 g/mol. The van der Waals surface area contributed by atoms with Crippen molar-refractivity contribution in [2.24, 2.45) is 0 Å². The van der Waals surface area contributed by atoms with Gasteiger partial charge in [-0.05, 0) is 42.6 Å². The Kier molecular flexibility index (Phi) is 5.44. The number of allylic oxidation sites excluding steroid dienone is 1. The molecule has 29 heavy (non-hydrogen) atoms. The van der Waals surface area contributed by atoms with Gasteiger partial charge in [-0.3, -0.25) is 4.90 Å². The summed E-state index contributed by atoms with van der Waals surface area (Å²) in [5.74, 6) is 2.44. The Hall–Kier alpha value is -2.46. The van der Waals surface area contributed by atoms with Gasteiger partial charge in [0.1, 0.15) is 13.2 Å². The molecule has 0 bridgehead atoms. The van der Waals surface area contributed by atoms with Gasteiger partial charge in [0.25, 0.3) is 0 Å². The molecule has 0 radical (unpaired) electrons. The zero-order valence-electron chi connectivity index (χ0n) is 17.1. The third kappa shape index (κ3) is 3.99. The quantitative estimate of drug-likeness (QED) is 0.675. The summed E-state index contributed by atoms with van der Waals surface area (Å²) >= 11 is 0. The van der Waals surface area contributed by atoms with E-state index in [1.165, 1.54) is 42.6 Å². The molecule has 4 nitrogen and oxygen atoms in total. The van der Waals surface area contributed by atoms with Crippen molar-refractivity contribution in [2.75, 3.05) is 50.8 Å². The standard InChI is InChI=1S/C25H30N2O2/c1-2-8-22-20(6-1)11-12-21(22)7-3-4-13-26-14-16-27(17-15-26)23-9-5-10-24-25(23)29-19-18-28-24/h1-2,5-6,8-12,21H,3-4,7,13-19H2/t21-/m1/s1. The molecule has 4 heteroatoms. The number of rotatable bonds is 6. The van der Waals surface area contributed by atoms with Crippen molar-refractivity contribution in [3.05, 3.63) is 59.7 Å². The predicted molar refractivity (Wildman–Crippen MR) is 118 cm³/mol. The average molecular weight is 391 g/mol. The van der Waals surface area contributed by atoms with Crippen LogP contribution >= 0.6 is 0 Å². The second kappa shape index (κ2) is 8.50. The highest BCUT2D eigenvalue weighted by atomic mass is 16.6. The first-order valence-electron chi connectivity index (χ1n) is 11.0. The maximum absolute atomic E-state index is 5.90. The fraction of sp³-hybridized carbons (Fsp3) is 0.440. The van der Waals surface area contributed by atoms with Crippen LogP contribution < -0.4 is 14.4 Å². The summed E-state index contributed by atoms with van der Waals surface area (Å²) < 4.78 is 11.6. The second-order valence-electron chi connectivity index (χ2n) is 8.22. The molecule has 1 atom stereocenters. The summed E-state index contributed by atoms with van der Waals surface area (Å²) in [6.45, 7) is 6.85. The Morgan fingerprint density at radius 1 is 0.862 bits per heavy atom. The van der Waals surface area contributed by atoms with E-state index in [1.54, 1.807) is 0 Å². The minimum Gasteiger partial charge on any atom is -0.486 e. The molecular weight excluding hydrogens is 360 g/mol. The maximum Gasteiger partial charge on any atom is 0.184 e. The second-order valence-corrected chi connectivity index (χ2v) is 8.22. The molecule has 1 fully saturated rings. The third-order valence-corrected chi connectivity index (χ3v) is 6.40. The Morgan fingerprint density at radius 2 is 1.72 bits per heavy atom. The third-order valence-electron chi connectivity index (χ3n) is 6.40. The van der Waals surface area contributed by atoms with Crippen LogP contribution in [0.3, 0.4) is 0 Å². The van der Waals surface area contributed by atoms with Crippen LogP contribution in [-0.4, -0.2) is 50.8 Å². The number of hydrogen-bond donors (Lipinski definition) is 0. The highest BCUT2D eigenvalue weighted by Gasteiger charge is 2.23. The van der Waals surface area contributed by atoms with Gasteiger partial charge in [-0.15, -0.1) is 0 Å². The minimum atomic E-state index is 0.620. The number of nitrogens with zero attached hydrogens (tertiary/aromatic N) is 2. The van der Waals surface area contributed by atoms with Crippen LogP contribution in [0.5, 0.6) is 11.5 Å². The number of para-hydroxylation sites is 1. The van der Waals surface area contributed by atoms with Gasteiger partial charge in [-0.1, -0.05) is 48.9 Å². The van der Waals surface area contributed by atoms with Gasteiger partial charge in [0.05, 0.1) is 5.69 Å². The van der Waals surface area contributed by atoms with Crippen molar-refractivity contribution < 1.29 is 9.47 Å². The molecular formula is C25H30N2O2. The lowest BCUT2D eigenvalue weighted by molar-refractivity contribution is 0.171. The Labute approximate surface area is 173 Å². The molecule has 1 saturated heterocycles. The van der Waals surface area contributed by atoms with E-state index in [0.29, 0.717) is 19.1 Å². The lowest BCUT2D eigenvalue weighted by atomic mass is 9.95. The topological polar surface area (TPSA) is 24.9 Å². The number of ether oxygens (including phenoxy) is 2. The molecule has 1 aliphatic carbocycles. The number of benzene rings is 2. The normalized spacial score (nSPS) is 20.7. The lowest BCUT2D eigenvalue weighted by Crippen LogP contribution is -2.46. The van der Waals surface area contributed by atoms with E-state index < -0.39 is 0 Å². The van der Waals surface area contributed by atoms with Crippen molar-refractivity contribution in [1.29, 1.82) is 0 Å². The van der Waals surface area contributed by atoms with Crippen molar-refractivity contribution in [3.8, 4) is 11.5 Å². The van der Waals surface area contributed by atoms with Gasteiger partial charge < -0.3 is 14.4 Å². The van der Waals surface area contributed by atoms with Crippen molar-refractivity contribution >= 4 is 11.8 Å². The molecule has 152 valence electrons. The molecule has 2 aliphatic heterocycles. The van der Waals surface area contributed by atoms with Crippen LogP contribution in [0.2, 0.25) is 0 Å². The molecule has 3 aliphatic rings. The van der Waals surface area contributed by atoms with E-state index in [4.69, 9.17) is 9.47 Å². The average Bonchev–Trinajstić information content (AvgIpc) is 3.20. The fourth-order valence-corrected chi connectivity index (χ4v) is 4.79. The maximum atomic E-state index is 5.90. The molecule has 5 rings (SSSR count). The first kappa shape index (κ1) is 18.6. The zero-order valence-corrected chi connectivity index (χ0v) is 17.1. The van der Waals surface area contributed by atoms with Crippen molar-refractivity contribution in [3.63, 3.8) is 0 Å². The zero-order chi connectivity index (χ0) is 19.5. The summed E-state index contributed by atoms with van der Waals surface area (Å²) in [4.78, 5) is 5.06. The molecule has 0 spiro atoms. The van der Waals surface area contributed by atoms with Crippen molar-refractivity contribution in [1.82, 2.24) is 4.90 Å². The molecule has 0 unspecified atom stereocenters. The number of piperazine rings is 1. The summed E-state index contributed by atoms with van der Waals surface area (Å²) in [6, 6.07) is 15.1. The molecule has 0 saturated carbocycles. The number of fused-ring (bicyclic) bond motifs is 2. The first-order chi connectivity index (χ1) is 14.4. The van der Waals surface area contributed by atoms with Gasteiger partial charge in [0.2, 0.25) is 0 Å². The van der Waals surface area contributed by atoms with Gasteiger partial charge in [0, 0.05) is 32.1 Å². The Morgan fingerprint density at radius 3 is 2.66 bits per heavy atom. The molecule has 2 aromatic carbocycles. The molecule has 0 N–H and O–H groups in total. The van der Waals surface area contributed by atoms with Crippen molar-refractivity contribution in [2.45, 2.75) is 25.2 Å². The van der Waals surface area contributed by atoms with Crippen LogP contribution in [0, 0.1) is 0 Å². The van der Waals surface area contributed by atoms with Gasteiger partial charge in [-0.25, -0.2) is 0 Å². The minimum absolute atomic E-state index is 0.620. The Bertz CT molecular complexity index is 871. The van der Waals surface area contributed by atoms with Gasteiger partial charge in [-0.2, -0.15) is 0 Å². The fourth-order valence-electron chi connectivity index (χ4n) is 4.79. The van der Waals surface area contributed by atoms with Gasteiger partial charge in [0.15, 0.2) is 11.5 Å². The number of hydrogen-bond acceptors (Lipinski definition) is 4. The van der Waals surface area contributed by atoms with E-state index in [9.17, 15) is 0 Å². The van der Waals surface area contributed by atoms with E-state index >= 15 is 0 Å². The predicted octanol–water partition coefficient (Wildman–Crippen LogP) is 4.56. The highest BCUT2D eigenvalue weighted by Crippen LogP contribution is 2.39. The number of anilines is 1. The Balaban J connectivity index is 1.07. The molecule has 0 aromatic heterocycles. The summed E-state index contributed by atoms with van der Waals surface area (Å²) in [5.41, 5.74) is 4.11. The highest BCUT2D eigenvalue weighted by molar-refractivity contribution is 5.65. The molecule has 2 heterocycles. The molecule has 2 aromatic rings. The summed E-state index contributed by atoms with van der Waals surface area (Å²) in [7, 11) is 0. The molecule has 0 amide bonds. The van der Waals surface area contributed by atoms with E-state index in [2.05, 4.69) is 58.4 Å². The van der Waals surface area contributed by atoms with Crippen LogP contribution in [0.4, 0.5) is 5.69 Å². The SMILES string of the molecule is C1=C[C@@H](CCCCN2CCN(c3cccc4c3OCCO4)CC2)c2ccccc21.